The Bertz CT molecular complexity index is 1390. The third kappa shape index (κ3) is 4.87. The molecule has 1 unspecified atom stereocenters. The Hall–Kier alpha value is -4.07. The molecular weight excluding hydrogens is 512 g/mol. The van der Waals surface area contributed by atoms with Crippen LogP contribution in [0.3, 0.4) is 0 Å². The van der Waals surface area contributed by atoms with E-state index in [1.807, 2.05) is 109 Å². The lowest BCUT2D eigenvalue weighted by Gasteiger charge is -2.19. The van der Waals surface area contributed by atoms with E-state index in [0.717, 1.165) is 33.4 Å². The molecule has 1 amide bonds. The van der Waals surface area contributed by atoms with E-state index in [1.54, 1.807) is 0 Å². The van der Waals surface area contributed by atoms with Gasteiger partial charge in [0.05, 0.1) is 26.4 Å². The average Bonchev–Trinajstić information content (AvgIpc) is 3.26. The van der Waals surface area contributed by atoms with Crippen molar-refractivity contribution in [1.29, 1.82) is 0 Å². The highest BCUT2D eigenvalue weighted by molar-refractivity contribution is 5.80. The van der Waals surface area contributed by atoms with Crippen LogP contribution in [-0.4, -0.2) is 31.3 Å². The second kappa shape index (κ2) is 10.8. The van der Waals surface area contributed by atoms with Crippen molar-refractivity contribution >= 4 is 6.09 Å². The molecule has 0 aromatic heterocycles. The van der Waals surface area contributed by atoms with Gasteiger partial charge in [0.1, 0.15) is 11.5 Å². The van der Waals surface area contributed by atoms with Crippen molar-refractivity contribution in [3.8, 4) is 11.1 Å². The largest absolute Gasteiger partial charge is 0.436 e. The monoisotopic (exact) mass is 541 g/mol. The zero-order chi connectivity index (χ0) is 27.6. The molecule has 0 heterocycles. The number of carbonyl (C=O) groups excluding carboxylic acids is 1. The first-order valence-electron chi connectivity index (χ1n) is 13.3. The van der Waals surface area contributed by atoms with Gasteiger partial charge >= 0.3 is 6.09 Å². The van der Waals surface area contributed by atoms with Gasteiger partial charge in [0.15, 0.2) is 6.10 Å². The lowest BCUT2D eigenvalue weighted by atomic mass is 10.1. The summed E-state index contributed by atoms with van der Waals surface area (Å²) in [6.07, 6.45) is -1.59. The molecule has 0 bridgehead atoms. The molecule has 0 radical (unpaired) electrons. The molecule has 5 nitrogen and oxygen atoms in total. The molecule has 204 valence electrons. The van der Waals surface area contributed by atoms with E-state index in [1.165, 1.54) is 0 Å². The van der Waals surface area contributed by atoms with Crippen LogP contribution in [0.15, 0.2) is 109 Å². The predicted octanol–water partition coefficient (Wildman–Crippen LogP) is 6.92. The second-order valence-corrected chi connectivity index (χ2v) is 10.3. The van der Waals surface area contributed by atoms with Crippen molar-refractivity contribution < 1.29 is 27.8 Å². The summed E-state index contributed by atoms with van der Waals surface area (Å²) in [6.45, 7) is -0.234. The quantitative estimate of drug-likeness (QED) is 0.237. The van der Waals surface area contributed by atoms with Crippen LogP contribution in [0.4, 0.5) is 13.6 Å². The second-order valence-electron chi connectivity index (χ2n) is 10.3. The number of fused-ring (bicyclic) bond motifs is 3. The number of ether oxygens (including phenoxy) is 3. The van der Waals surface area contributed by atoms with Gasteiger partial charge in [-0.2, -0.15) is 0 Å². The fraction of sp³-hybridized carbons (Fsp3) is 0.242. The van der Waals surface area contributed by atoms with Crippen molar-refractivity contribution in [2.24, 2.45) is 5.41 Å². The number of alkyl halides is 2. The Morgan fingerprint density at radius 2 is 1.12 bits per heavy atom. The Kier molecular flexibility index (Phi) is 7.09. The summed E-state index contributed by atoms with van der Waals surface area (Å²) in [5.74, 6) is -3.25. The SMILES string of the molecule is O=C(NC1C(F)(F)C1(COCc1ccccc1)COCc1ccccc1)OC1c2ccccc2-c2ccccc21. The van der Waals surface area contributed by atoms with Gasteiger partial charge in [-0.05, 0) is 22.3 Å². The van der Waals surface area contributed by atoms with Crippen LogP contribution in [0.2, 0.25) is 0 Å². The minimum Gasteiger partial charge on any atom is -0.436 e. The fourth-order valence-corrected chi connectivity index (χ4v) is 5.48. The highest BCUT2D eigenvalue weighted by atomic mass is 19.3. The summed E-state index contributed by atoms with van der Waals surface area (Å²) >= 11 is 0. The standard InChI is InChI=1S/C33H29F2NO4/c34-33(35)30(36-31(37)40-29-27-17-9-7-15-25(27)26-16-8-10-18-28(26)29)32(33,21-38-19-23-11-3-1-4-12-23)22-39-20-24-13-5-2-6-14-24/h1-18,29-30H,19-22H2,(H,36,37). The van der Waals surface area contributed by atoms with Crippen LogP contribution in [0.5, 0.6) is 0 Å². The molecule has 40 heavy (non-hydrogen) atoms. The molecule has 0 saturated heterocycles. The summed E-state index contributed by atoms with van der Waals surface area (Å²) in [5, 5.41) is 2.45. The molecule has 2 aliphatic rings. The van der Waals surface area contributed by atoms with Gasteiger partial charge in [-0.1, -0.05) is 109 Å². The number of halogens is 2. The van der Waals surface area contributed by atoms with E-state index in [0.29, 0.717) is 0 Å². The number of hydrogen-bond acceptors (Lipinski definition) is 4. The third-order valence-electron chi connectivity index (χ3n) is 7.70. The molecule has 1 atom stereocenters. The van der Waals surface area contributed by atoms with Gasteiger partial charge in [0, 0.05) is 11.1 Å². The number of carbonyl (C=O) groups is 1. The van der Waals surface area contributed by atoms with Crippen LogP contribution in [0, 0.1) is 5.41 Å². The summed E-state index contributed by atoms with van der Waals surface area (Å²) in [7, 11) is 0. The van der Waals surface area contributed by atoms with E-state index in [4.69, 9.17) is 14.2 Å². The number of benzene rings is 4. The maximum Gasteiger partial charge on any atom is 0.408 e. The first-order chi connectivity index (χ1) is 19.5. The highest BCUT2D eigenvalue weighted by Crippen LogP contribution is 2.61. The number of alkyl carbamates (subject to hydrolysis) is 1. The Balaban J connectivity index is 1.17. The topological polar surface area (TPSA) is 56.8 Å². The lowest BCUT2D eigenvalue weighted by molar-refractivity contribution is -0.0430. The van der Waals surface area contributed by atoms with Gasteiger partial charge < -0.3 is 19.5 Å². The third-order valence-corrected chi connectivity index (χ3v) is 7.70. The van der Waals surface area contributed by atoms with E-state index in [-0.39, 0.29) is 26.4 Å². The van der Waals surface area contributed by atoms with Crippen molar-refractivity contribution in [2.45, 2.75) is 31.3 Å². The average molecular weight is 542 g/mol. The van der Waals surface area contributed by atoms with Crippen molar-refractivity contribution in [3.05, 3.63) is 131 Å². The zero-order valence-corrected chi connectivity index (χ0v) is 21.8. The van der Waals surface area contributed by atoms with Crippen LogP contribution < -0.4 is 5.32 Å². The van der Waals surface area contributed by atoms with Crippen molar-refractivity contribution in [2.75, 3.05) is 13.2 Å². The summed E-state index contributed by atoms with van der Waals surface area (Å²) in [6, 6.07) is 32.5. The Morgan fingerprint density at radius 1 is 0.675 bits per heavy atom. The molecule has 1 saturated carbocycles. The molecule has 4 aromatic rings. The van der Waals surface area contributed by atoms with E-state index >= 15 is 8.78 Å². The van der Waals surface area contributed by atoms with Gasteiger partial charge in [-0.25, -0.2) is 13.6 Å². The number of hydrogen-bond donors (Lipinski definition) is 1. The van der Waals surface area contributed by atoms with Gasteiger partial charge in [0.25, 0.3) is 5.92 Å². The maximum absolute atomic E-state index is 15.5. The van der Waals surface area contributed by atoms with Gasteiger partial charge in [0.2, 0.25) is 0 Å². The van der Waals surface area contributed by atoms with E-state index in [9.17, 15) is 4.79 Å². The molecular formula is C33H29F2NO4. The first-order valence-corrected chi connectivity index (χ1v) is 13.3. The number of nitrogens with one attached hydrogen (secondary N) is 1. The van der Waals surface area contributed by atoms with Crippen molar-refractivity contribution in [1.82, 2.24) is 5.32 Å². The molecule has 4 aromatic carbocycles. The molecule has 6 rings (SSSR count). The first kappa shape index (κ1) is 26.2. The van der Waals surface area contributed by atoms with Crippen molar-refractivity contribution in [3.63, 3.8) is 0 Å². The van der Waals surface area contributed by atoms with Gasteiger partial charge in [-0.3, -0.25) is 0 Å². The molecule has 0 spiro atoms. The molecule has 1 fully saturated rings. The highest BCUT2D eigenvalue weighted by Gasteiger charge is 2.82. The van der Waals surface area contributed by atoms with Crippen LogP contribution >= 0.6 is 0 Å². The van der Waals surface area contributed by atoms with Gasteiger partial charge in [-0.15, -0.1) is 0 Å². The van der Waals surface area contributed by atoms with E-state index in [2.05, 4.69) is 5.32 Å². The molecule has 1 N–H and O–H groups in total. The number of rotatable bonds is 10. The molecule has 2 aliphatic carbocycles. The lowest BCUT2D eigenvalue weighted by Crippen LogP contribution is -2.34. The minimum atomic E-state index is -3.25. The van der Waals surface area contributed by atoms with E-state index < -0.39 is 29.6 Å². The number of amides is 1. The predicted molar refractivity (Wildman–Crippen MR) is 147 cm³/mol. The molecule has 0 aliphatic heterocycles. The normalized spacial score (nSPS) is 18.0. The van der Waals surface area contributed by atoms with Crippen LogP contribution in [0.25, 0.3) is 11.1 Å². The van der Waals surface area contributed by atoms with Crippen LogP contribution in [0.1, 0.15) is 28.4 Å². The summed E-state index contributed by atoms with van der Waals surface area (Å²) < 4.78 is 48.3. The zero-order valence-electron chi connectivity index (χ0n) is 21.8. The Morgan fingerprint density at radius 3 is 1.62 bits per heavy atom. The van der Waals surface area contributed by atoms with Crippen LogP contribution in [-0.2, 0) is 27.4 Å². The Labute approximate surface area is 231 Å². The smallest absolute Gasteiger partial charge is 0.408 e. The minimum absolute atomic E-state index is 0.171. The summed E-state index contributed by atoms with van der Waals surface area (Å²) in [4.78, 5) is 13.1. The summed E-state index contributed by atoms with van der Waals surface area (Å²) in [5.41, 5.74) is 3.59. The maximum atomic E-state index is 15.5. The fourth-order valence-electron chi connectivity index (χ4n) is 5.48. The molecule has 7 heteroatoms.